The van der Waals surface area contributed by atoms with Crippen molar-refractivity contribution in [2.45, 2.75) is 33.1 Å². The second-order valence-corrected chi connectivity index (χ2v) is 27.1. The van der Waals surface area contributed by atoms with Gasteiger partial charge < -0.3 is 50.2 Å². The van der Waals surface area contributed by atoms with E-state index < -0.39 is 4.92 Å². The van der Waals surface area contributed by atoms with Crippen molar-refractivity contribution in [2.24, 2.45) is 0 Å². The monoisotopic (exact) mass is 2080 g/mol. The third-order valence-electron chi connectivity index (χ3n) is 18.1. The number of aromatic nitrogens is 10. The summed E-state index contributed by atoms with van der Waals surface area (Å²) in [5, 5.41) is 36.2. The van der Waals surface area contributed by atoms with Crippen molar-refractivity contribution in [3.8, 4) is 141 Å². The van der Waals surface area contributed by atoms with Gasteiger partial charge in [0.05, 0.1) is 7.11 Å². The molecule has 0 radical (unpaired) electrons. The van der Waals surface area contributed by atoms with Crippen LogP contribution >= 0.6 is 0 Å². The summed E-state index contributed by atoms with van der Waals surface area (Å²) in [7, 11) is 1.64. The molecule has 18 aromatic rings. The first-order valence-electron chi connectivity index (χ1n) is 37.1. The summed E-state index contributed by atoms with van der Waals surface area (Å²) in [5.41, 5.74) is 24.5. The van der Waals surface area contributed by atoms with Gasteiger partial charge in [-0.25, -0.2) is 11.4 Å². The topological polar surface area (TPSA) is 185 Å². The Morgan fingerprint density at radius 1 is 0.347 bits per heavy atom. The minimum atomic E-state index is -0.468. The van der Waals surface area contributed by atoms with Crippen molar-refractivity contribution < 1.29 is 72.9 Å². The molecule has 0 saturated heterocycles. The van der Waals surface area contributed by atoms with Crippen molar-refractivity contribution in [3.63, 3.8) is 0 Å². The van der Waals surface area contributed by atoms with Gasteiger partial charge in [-0.1, -0.05) is 252 Å². The van der Waals surface area contributed by atoms with E-state index in [1.54, 1.807) is 37.8 Å². The van der Waals surface area contributed by atoms with Gasteiger partial charge in [-0.15, -0.1) is 179 Å². The number of nitro groups is 1. The largest absolute Gasteiger partial charge is 0.618 e. The molecule has 0 aliphatic carbocycles. The van der Waals surface area contributed by atoms with E-state index in [2.05, 4.69) is 236 Å². The molecule has 6 heterocycles. The molecule has 0 bridgehead atoms. The first-order chi connectivity index (χ1) is 56.3. The van der Waals surface area contributed by atoms with Crippen molar-refractivity contribution in [2.75, 3.05) is 7.11 Å². The van der Waals surface area contributed by atoms with Crippen LogP contribution in [-0.4, -0.2) is 47.3 Å². The molecule has 0 aliphatic rings. The molecule has 6 aromatic heterocycles. The van der Waals surface area contributed by atoms with Gasteiger partial charge in [0.25, 0.3) is 0 Å². The van der Waals surface area contributed by atoms with Crippen LogP contribution in [0.1, 0.15) is 31.9 Å². The van der Waals surface area contributed by atoms with Crippen LogP contribution in [0.25, 0.3) is 135 Å². The molecule has 118 heavy (non-hydrogen) atoms. The molecule has 592 valence electrons. The van der Waals surface area contributed by atoms with Gasteiger partial charge in [0.2, 0.25) is 0 Å². The summed E-state index contributed by atoms with van der Waals surface area (Å²) in [4.78, 5) is 27.3. The summed E-state index contributed by atoms with van der Waals surface area (Å²) in [6.45, 7) is 8.67. The molecule has 0 fully saturated rings. The normalized spacial score (nSPS) is 10.3. The molecule has 14 nitrogen and oxygen atoms in total. The van der Waals surface area contributed by atoms with Crippen molar-refractivity contribution >= 4 is 5.69 Å². The van der Waals surface area contributed by atoms with Crippen molar-refractivity contribution in [3.05, 3.63) is 428 Å². The molecule has 0 spiro atoms. The number of aryl methyl sites for hydroxylation is 1. The average molecular weight is 2080 g/mol. The number of pyridine rings is 3. The van der Waals surface area contributed by atoms with Gasteiger partial charge in [0, 0.05) is 110 Å². The van der Waals surface area contributed by atoms with E-state index in [0.29, 0.717) is 17.2 Å². The number of benzene rings is 12. The Kier molecular flexibility index (Phi) is 32.7. The molecule has 0 aliphatic heterocycles. The minimum Gasteiger partial charge on any atom is -0.618 e. The predicted octanol–water partition coefficient (Wildman–Crippen LogP) is 23.1. The Labute approximate surface area is 732 Å². The molecule has 0 amide bonds. The van der Waals surface area contributed by atoms with E-state index in [-0.39, 0.29) is 74.3 Å². The van der Waals surface area contributed by atoms with E-state index in [4.69, 9.17) is 4.74 Å². The Hall–Kier alpha value is -13.1. The number of non-ortho nitro benzene ring substituents is 1. The SMILES string of the molecule is CC(C)(C)c1c[c-]c(-c2cc(-c3ccc(-c4ccccc4)cc3)n[n-]2)cc1.COc1c[c-]c(-c2cc(-c3ccc(-c4ccccc4)cc3)n[n-]2)cc1.Cc1c[c-]c(-c2ccccn2)cc1.O=[N+]([O-])c1c[c-]c(-c2nc(-c3ccc(-c4ccccc4)cc3)n[n-]2)cc1.[Pt].[Pt].[Pt].[c-]1ccccc1-c1ccccn1.[c-]1ccccc1-c1ccccn1. The summed E-state index contributed by atoms with van der Waals surface area (Å²) < 4.78 is 5.16. The number of hydrogen-bond donors (Lipinski definition) is 0. The number of nitrogens with zero attached hydrogens (tertiary/aromatic N) is 11. The molecular formula is C101H76N11O3Pt3-9. The fourth-order valence-corrected chi connectivity index (χ4v) is 11.7. The Bertz CT molecular complexity index is 5790. The number of nitro benzene ring substituents is 1. The van der Waals surface area contributed by atoms with Gasteiger partial charge in [-0.2, -0.15) is 16.7 Å². The number of rotatable bonds is 14. The van der Waals surface area contributed by atoms with Gasteiger partial charge in [0.1, 0.15) is 0 Å². The van der Waals surface area contributed by atoms with E-state index >= 15 is 0 Å². The molecule has 18 rings (SSSR count). The van der Waals surface area contributed by atoms with Crippen LogP contribution in [-0.2, 0) is 68.6 Å². The quantitative estimate of drug-likeness (QED) is 0.0569. The number of ether oxygens (including phenoxy) is 1. The van der Waals surface area contributed by atoms with Crippen molar-refractivity contribution in [1.29, 1.82) is 0 Å². The van der Waals surface area contributed by atoms with E-state index in [0.717, 1.165) is 101 Å². The Morgan fingerprint density at radius 2 is 0.737 bits per heavy atom. The van der Waals surface area contributed by atoms with Crippen LogP contribution in [0.15, 0.2) is 370 Å². The standard InChI is InChI=1S/C25H22N2.C22H16N2O.C20H12N4O2.C12H10N.2C11H8N.3Pt/c1-25(2,3)22-15-13-21(14-16-22)24-17-23(26-27-24)20-11-9-19(10-12-20)18-7-5-4-6-8-18;1-25-20-13-11-19(12-14-20)22-15-21(23-24-22)18-9-7-17(8-10-18)16-5-3-2-4-6-16;25-24(26)18-12-10-17(11-13-18)20-21-19(22-23-20)16-8-6-15(7-9-16)14-4-2-1-3-5-14;1-10-5-7-11(8-6-10)12-4-2-3-9-13-12;2*1-2-6-10(7-3-1)11-8-4-5-9-12-11;;;/h4-13,15-17H,1-3H3;2-11,13-15H,1H3;1-10,12-13H;2-7,9H,1H3;2*1-6,8-9H;;;/q3*-2;3*-1;;;. The first kappa shape index (κ1) is 87.3. The zero-order chi connectivity index (χ0) is 79.4. The van der Waals surface area contributed by atoms with Gasteiger partial charge in [-0.05, 0) is 90.8 Å². The van der Waals surface area contributed by atoms with Gasteiger partial charge in [0.15, 0.2) is 5.69 Å². The average Bonchev–Trinajstić information content (AvgIpc) is 1.63. The maximum Gasteiger partial charge on any atom is 0.190 e. The summed E-state index contributed by atoms with van der Waals surface area (Å²) in [6, 6.07) is 134. The third-order valence-corrected chi connectivity index (χ3v) is 18.1. The fourth-order valence-electron chi connectivity index (χ4n) is 11.7. The summed E-state index contributed by atoms with van der Waals surface area (Å²) in [6.07, 6.45) is 5.37. The van der Waals surface area contributed by atoms with Gasteiger partial charge >= 0.3 is 0 Å². The van der Waals surface area contributed by atoms with Crippen LogP contribution < -0.4 is 20.0 Å². The van der Waals surface area contributed by atoms with Crippen LogP contribution in [0.4, 0.5) is 5.69 Å². The Morgan fingerprint density at radius 3 is 1.10 bits per heavy atom. The maximum absolute atomic E-state index is 10.7. The summed E-state index contributed by atoms with van der Waals surface area (Å²) in [5.74, 6) is 1.67. The Balaban J connectivity index is 0.000000153. The van der Waals surface area contributed by atoms with E-state index in [9.17, 15) is 10.1 Å². The molecular weight excluding hydrogens is 2000 g/mol. The van der Waals surface area contributed by atoms with Crippen LogP contribution in [0.3, 0.4) is 0 Å². The third kappa shape index (κ3) is 24.7. The first-order valence-corrected chi connectivity index (χ1v) is 37.1. The molecule has 0 N–H and O–H groups in total. The molecule has 0 unspecified atom stereocenters. The minimum absolute atomic E-state index is 0. The fraction of sp³-hybridized carbons (Fsp3) is 0.0594. The zero-order valence-corrected chi connectivity index (χ0v) is 71.6. The molecule has 0 saturated carbocycles. The van der Waals surface area contributed by atoms with Crippen LogP contribution in [0.2, 0.25) is 0 Å². The smallest absolute Gasteiger partial charge is 0.190 e. The molecule has 0 atom stereocenters. The van der Waals surface area contributed by atoms with E-state index in [1.165, 1.54) is 45.5 Å². The number of hydrogen-bond acceptors (Lipinski definition) is 10. The second kappa shape index (κ2) is 44.1. The van der Waals surface area contributed by atoms with Crippen LogP contribution in [0, 0.1) is 53.4 Å². The summed E-state index contributed by atoms with van der Waals surface area (Å²) >= 11 is 0. The van der Waals surface area contributed by atoms with Crippen molar-refractivity contribution in [1.82, 2.24) is 50.5 Å². The van der Waals surface area contributed by atoms with E-state index in [1.807, 2.05) is 206 Å². The predicted molar refractivity (Wildman–Crippen MR) is 458 cm³/mol. The number of methoxy groups -OCH3 is 1. The zero-order valence-electron chi connectivity index (χ0n) is 64.8. The second-order valence-electron chi connectivity index (χ2n) is 27.1. The van der Waals surface area contributed by atoms with Gasteiger partial charge in [-0.3, -0.25) is 15.2 Å². The maximum atomic E-state index is 10.7. The molecule has 17 heteroatoms. The van der Waals surface area contributed by atoms with Crippen LogP contribution in [0.5, 0.6) is 5.75 Å². The molecule has 12 aromatic carbocycles.